The third-order valence-corrected chi connectivity index (χ3v) is 7.59. The first-order chi connectivity index (χ1) is 14.2. The number of methoxy groups -OCH3 is 1. The predicted octanol–water partition coefficient (Wildman–Crippen LogP) is 0.355. The van der Waals surface area contributed by atoms with E-state index in [1.165, 1.54) is 44.9 Å². The van der Waals surface area contributed by atoms with Crippen molar-refractivity contribution >= 4 is 0 Å². The number of ether oxygens (including phenoxy) is 1. The third kappa shape index (κ3) is 5.13. The van der Waals surface area contributed by atoms with Crippen LogP contribution in [0.25, 0.3) is 0 Å². The molecule has 0 bridgehead atoms. The smallest absolute Gasteiger partial charge is 0.116 e. The molecule has 8 nitrogen and oxygen atoms in total. The highest BCUT2D eigenvalue weighted by Gasteiger charge is 2.47. The lowest BCUT2D eigenvalue weighted by Crippen LogP contribution is -2.74. The van der Waals surface area contributed by atoms with Gasteiger partial charge < -0.3 is 9.84 Å². The molecule has 8 heteroatoms. The predicted molar refractivity (Wildman–Crippen MR) is 114 cm³/mol. The van der Waals surface area contributed by atoms with E-state index in [9.17, 15) is 5.11 Å². The molecule has 2 saturated carbocycles. The molecule has 4 fully saturated rings. The van der Waals surface area contributed by atoms with Gasteiger partial charge in [0.25, 0.3) is 0 Å². The van der Waals surface area contributed by atoms with E-state index < -0.39 is 0 Å². The molecule has 2 aliphatic heterocycles. The van der Waals surface area contributed by atoms with Crippen LogP contribution < -0.4 is 21.4 Å². The van der Waals surface area contributed by atoms with Gasteiger partial charge in [0.05, 0.1) is 25.0 Å². The van der Waals surface area contributed by atoms with Gasteiger partial charge in [-0.2, -0.15) is 0 Å². The van der Waals surface area contributed by atoms with Crippen LogP contribution in [0.5, 0.6) is 0 Å². The van der Waals surface area contributed by atoms with Crippen molar-refractivity contribution in [3.63, 3.8) is 0 Å². The summed E-state index contributed by atoms with van der Waals surface area (Å²) in [5.41, 5.74) is 3.75. The maximum absolute atomic E-state index is 9.44. The van der Waals surface area contributed by atoms with Crippen LogP contribution in [0.15, 0.2) is 0 Å². The quantitative estimate of drug-likeness (QED) is 0.411. The summed E-state index contributed by atoms with van der Waals surface area (Å²) in [4.78, 5) is 2.18. The van der Waals surface area contributed by atoms with Gasteiger partial charge in [-0.05, 0) is 45.6 Å². The monoisotopic (exact) mass is 410 g/mol. The molecule has 168 valence electrons. The van der Waals surface area contributed by atoms with Gasteiger partial charge in [-0.25, -0.2) is 5.01 Å². The summed E-state index contributed by atoms with van der Waals surface area (Å²) in [6, 6.07) is 1.18. The Balaban J connectivity index is 1.43. The summed E-state index contributed by atoms with van der Waals surface area (Å²) in [5.74, 6) is 0.482. The molecule has 29 heavy (non-hydrogen) atoms. The summed E-state index contributed by atoms with van der Waals surface area (Å²) in [5, 5.41) is 23.6. The molecule has 4 unspecified atom stereocenters. The van der Waals surface area contributed by atoms with Crippen LogP contribution in [0.2, 0.25) is 0 Å². The fraction of sp³-hybridized carbons (Fsp3) is 1.00. The first-order valence-electron chi connectivity index (χ1n) is 11.8. The molecule has 4 rings (SSSR count). The van der Waals surface area contributed by atoms with E-state index in [0.29, 0.717) is 36.8 Å². The van der Waals surface area contributed by atoms with Crippen molar-refractivity contribution in [2.45, 2.75) is 94.6 Å². The van der Waals surface area contributed by atoms with Crippen LogP contribution in [0.4, 0.5) is 0 Å². The zero-order valence-corrected chi connectivity index (χ0v) is 18.3. The molecule has 4 atom stereocenters. The molecule has 2 heterocycles. The summed E-state index contributed by atoms with van der Waals surface area (Å²) in [6.45, 7) is 1.83. The van der Waals surface area contributed by atoms with Gasteiger partial charge in [0.2, 0.25) is 0 Å². The average Bonchev–Trinajstić information content (AvgIpc) is 3.19. The Labute approximate surface area is 176 Å². The molecule has 5 N–H and O–H groups in total. The second-order valence-electron chi connectivity index (χ2n) is 9.46. The van der Waals surface area contributed by atoms with Crippen molar-refractivity contribution in [3.05, 3.63) is 0 Å². The van der Waals surface area contributed by atoms with Crippen molar-refractivity contribution in [2.75, 3.05) is 33.9 Å². The lowest BCUT2D eigenvalue weighted by atomic mass is 9.90. The number of hydrazine groups is 1. The van der Waals surface area contributed by atoms with Crippen molar-refractivity contribution in [3.8, 4) is 0 Å². The molecule has 0 spiro atoms. The lowest BCUT2D eigenvalue weighted by Gasteiger charge is -2.48. The number of hydrogen-bond donors (Lipinski definition) is 5. The Morgan fingerprint density at radius 3 is 2.52 bits per heavy atom. The molecule has 0 aromatic carbocycles. The zero-order valence-electron chi connectivity index (χ0n) is 18.3. The fourth-order valence-electron chi connectivity index (χ4n) is 5.78. The largest absolute Gasteiger partial charge is 0.395 e. The lowest BCUT2D eigenvalue weighted by molar-refractivity contribution is -0.0183. The SMILES string of the molecule is COC1CCC(NC2NC(N(C)CCO)NC3C2CNN3C2CCCCC2)CC1. The Morgan fingerprint density at radius 1 is 1.07 bits per heavy atom. The van der Waals surface area contributed by atoms with Gasteiger partial charge in [-0.3, -0.25) is 26.3 Å². The number of nitrogens with zero attached hydrogens (tertiary/aromatic N) is 2. The Bertz CT molecular complexity index is 498. The van der Waals surface area contributed by atoms with Crippen LogP contribution in [-0.2, 0) is 4.74 Å². The van der Waals surface area contributed by atoms with E-state index in [2.05, 4.69) is 38.3 Å². The first-order valence-corrected chi connectivity index (χ1v) is 11.8. The molecule has 2 saturated heterocycles. The second-order valence-corrected chi connectivity index (χ2v) is 9.46. The zero-order chi connectivity index (χ0) is 20.2. The molecule has 0 aromatic rings. The van der Waals surface area contributed by atoms with E-state index in [0.717, 1.165) is 19.4 Å². The minimum atomic E-state index is 0.0576. The van der Waals surface area contributed by atoms with Gasteiger partial charge in [0, 0.05) is 38.2 Å². The second kappa shape index (κ2) is 10.3. The van der Waals surface area contributed by atoms with Crippen LogP contribution in [0.1, 0.15) is 57.8 Å². The number of rotatable bonds is 7. The maximum atomic E-state index is 9.44. The van der Waals surface area contributed by atoms with Crippen LogP contribution in [-0.4, -0.2) is 85.7 Å². The number of likely N-dealkylation sites (N-methyl/N-ethyl adjacent to an activating group) is 1. The fourth-order valence-corrected chi connectivity index (χ4v) is 5.78. The van der Waals surface area contributed by atoms with Crippen molar-refractivity contribution < 1.29 is 9.84 Å². The molecular formula is C21H42N6O2. The topological polar surface area (TPSA) is 84.1 Å². The van der Waals surface area contributed by atoms with Gasteiger partial charge in [-0.1, -0.05) is 19.3 Å². The highest BCUT2D eigenvalue weighted by molar-refractivity contribution is 4.99. The van der Waals surface area contributed by atoms with Crippen LogP contribution >= 0.6 is 0 Å². The third-order valence-electron chi connectivity index (χ3n) is 7.59. The number of aliphatic hydroxyl groups excluding tert-OH is 1. The van der Waals surface area contributed by atoms with Crippen molar-refractivity contribution in [1.82, 2.24) is 31.3 Å². The molecule has 2 aliphatic carbocycles. The summed E-state index contributed by atoms with van der Waals surface area (Å²) in [7, 11) is 3.92. The summed E-state index contributed by atoms with van der Waals surface area (Å²) < 4.78 is 5.56. The highest BCUT2D eigenvalue weighted by Crippen LogP contribution is 2.31. The number of fused-ring (bicyclic) bond motifs is 1. The molecule has 0 radical (unpaired) electrons. The molecule has 4 aliphatic rings. The minimum absolute atomic E-state index is 0.0576. The van der Waals surface area contributed by atoms with E-state index >= 15 is 0 Å². The van der Waals surface area contributed by atoms with Gasteiger partial charge in [0.15, 0.2) is 0 Å². The number of nitrogens with one attached hydrogen (secondary N) is 4. The van der Waals surface area contributed by atoms with Crippen LogP contribution in [0.3, 0.4) is 0 Å². The van der Waals surface area contributed by atoms with Crippen LogP contribution in [0, 0.1) is 5.92 Å². The standard InChI is InChI=1S/C21H42N6O2/c1-26(12-13-28)21-24-19(23-15-8-10-17(29-2)11-9-15)18-14-22-27(20(18)25-21)16-6-4-3-5-7-16/h15-25,28H,3-14H2,1-2H3. The molecule has 0 aromatic heterocycles. The summed E-state index contributed by atoms with van der Waals surface area (Å²) >= 11 is 0. The minimum Gasteiger partial charge on any atom is -0.395 e. The Kier molecular flexibility index (Phi) is 7.80. The van der Waals surface area contributed by atoms with E-state index in [-0.39, 0.29) is 19.1 Å². The van der Waals surface area contributed by atoms with Crippen molar-refractivity contribution in [2.24, 2.45) is 5.92 Å². The normalized spacial score (nSPS) is 39.7. The number of aliphatic hydroxyl groups is 1. The Hall–Kier alpha value is -0.320. The molecular weight excluding hydrogens is 368 g/mol. The average molecular weight is 411 g/mol. The van der Waals surface area contributed by atoms with E-state index in [1.54, 1.807) is 0 Å². The Morgan fingerprint density at radius 2 is 1.83 bits per heavy atom. The summed E-state index contributed by atoms with van der Waals surface area (Å²) in [6.07, 6.45) is 12.4. The van der Waals surface area contributed by atoms with Gasteiger partial charge in [-0.15, -0.1) is 0 Å². The maximum Gasteiger partial charge on any atom is 0.116 e. The van der Waals surface area contributed by atoms with E-state index in [1.807, 2.05) is 7.11 Å². The van der Waals surface area contributed by atoms with Gasteiger partial charge in [0.1, 0.15) is 6.29 Å². The van der Waals surface area contributed by atoms with E-state index in [4.69, 9.17) is 4.74 Å². The number of hydrogen-bond acceptors (Lipinski definition) is 8. The van der Waals surface area contributed by atoms with Gasteiger partial charge >= 0.3 is 0 Å². The van der Waals surface area contributed by atoms with Crippen molar-refractivity contribution in [1.29, 1.82) is 0 Å². The molecule has 0 amide bonds. The first kappa shape index (κ1) is 21.9. The highest BCUT2D eigenvalue weighted by atomic mass is 16.5.